The summed E-state index contributed by atoms with van der Waals surface area (Å²) < 4.78 is 0.832. The summed E-state index contributed by atoms with van der Waals surface area (Å²) in [5.74, 6) is -0.903. The van der Waals surface area contributed by atoms with Crippen molar-refractivity contribution in [3.8, 4) is 0 Å². The third-order valence-corrected chi connectivity index (χ3v) is 3.01. The summed E-state index contributed by atoms with van der Waals surface area (Å²) in [6, 6.07) is 5.10. The molecule has 0 bridgehead atoms. The Hall–Kier alpha value is -0.870. The van der Waals surface area contributed by atoms with Crippen molar-refractivity contribution in [1.82, 2.24) is 5.32 Å². The van der Waals surface area contributed by atoms with Gasteiger partial charge in [-0.1, -0.05) is 42.8 Å². The van der Waals surface area contributed by atoms with E-state index in [1.54, 1.807) is 12.1 Å². The molecule has 17 heavy (non-hydrogen) atoms. The minimum Gasteiger partial charge on any atom is -0.478 e. The second kappa shape index (κ2) is 5.65. The number of carboxylic acids is 1. The lowest BCUT2D eigenvalue weighted by molar-refractivity contribution is 0.0697. The molecular formula is C13H18BrNO2. The van der Waals surface area contributed by atoms with Crippen LogP contribution in [0.2, 0.25) is 0 Å². The Labute approximate surface area is 110 Å². The number of rotatable bonds is 4. The summed E-state index contributed by atoms with van der Waals surface area (Å²) in [6.07, 6.45) is 0. The molecule has 1 rings (SSSR count). The highest BCUT2D eigenvalue weighted by Gasteiger charge is 2.10. The topological polar surface area (TPSA) is 49.3 Å². The van der Waals surface area contributed by atoms with Gasteiger partial charge in [0.15, 0.2) is 0 Å². The summed E-state index contributed by atoms with van der Waals surface area (Å²) in [7, 11) is 0. The molecule has 1 aromatic rings. The molecule has 4 heteroatoms. The molecule has 0 aliphatic rings. The molecule has 0 spiro atoms. The fourth-order valence-electron chi connectivity index (χ4n) is 1.40. The highest BCUT2D eigenvalue weighted by Crippen LogP contribution is 2.19. The molecule has 0 amide bonds. The van der Waals surface area contributed by atoms with Crippen LogP contribution in [0.15, 0.2) is 22.7 Å². The van der Waals surface area contributed by atoms with Crippen LogP contribution >= 0.6 is 15.9 Å². The minimum absolute atomic E-state index is 0.244. The highest BCUT2D eigenvalue weighted by molar-refractivity contribution is 9.10. The number of carboxylic acid groups (broad SMARTS) is 1. The smallest absolute Gasteiger partial charge is 0.335 e. The van der Waals surface area contributed by atoms with Crippen LogP contribution in [0.1, 0.15) is 36.7 Å². The van der Waals surface area contributed by atoms with Crippen molar-refractivity contribution >= 4 is 21.9 Å². The molecule has 0 fully saturated rings. The second-order valence-corrected chi connectivity index (χ2v) is 6.13. The third kappa shape index (κ3) is 4.88. The van der Waals surface area contributed by atoms with Gasteiger partial charge in [-0.2, -0.15) is 0 Å². The van der Waals surface area contributed by atoms with E-state index in [1.165, 1.54) is 0 Å². The lowest BCUT2D eigenvalue weighted by Crippen LogP contribution is -2.26. The average Bonchev–Trinajstić information content (AvgIpc) is 2.18. The second-order valence-electron chi connectivity index (χ2n) is 5.28. The zero-order valence-electron chi connectivity index (χ0n) is 10.4. The predicted molar refractivity (Wildman–Crippen MR) is 72.3 cm³/mol. The van der Waals surface area contributed by atoms with E-state index in [2.05, 4.69) is 42.0 Å². The molecule has 94 valence electrons. The van der Waals surface area contributed by atoms with Crippen LogP contribution in [0.5, 0.6) is 0 Å². The fraction of sp³-hybridized carbons (Fsp3) is 0.462. The third-order valence-electron chi connectivity index (χ3n) is 2.27. The van der Waals surface area contributed by atoms with Crippen molar-refractivity contribution in [2.45, 2.75) is 27.3 Å². The highest BCUT2D eigenvalue weighted by atomic mass is 79.9. The number of hydrogen-bond acceptors (Lipinski definition) is 2. The van der Waals surface area contributed by atoms with Gasteiger partial charge in [-0.05, 0) is 23.1 Å². The van der Waals surface area contributed by atoms with Crippen molar-refractivity contribution in [3.05, 3.63) is 33.8 Å². The first-order chi connectivity index (χ1) is 7.79. The van der Waals surface area contributed by atoms with Crippen LogP contribution in [0, 0.1) is 5.41 Å². The van der Waals surface area contributed by atoms with Gasteiger partial charge in [0.05, 0.1) is 5.56 Å². The maximum absolute atomic E-state index is 10.8. The molecule has 3 nitrogen and oxygen atoms in total. The van der Waals surface area contributed by atoms with Gasteiger partial charge in [0.2, 0.25) is 0 Å². The van der Waals surface area contributed by atoms with Crippen LogP contribution < -0.4 is 5.32 Å². The fourth-order valence-corrected chi connectivity index (χ4v) is 1.91. The summed E-state index contributed by atoms with van der Waals surface area (Å²) in [6.45, 7) is 8.16. The maximum Gasteiger partial charge on any atom is 0.335 e. The minimum atomic E-state index is -0.903. The van der Waals surface area contributed by atoms with E-state index < -0.39 is 5.97 Å². The monoisotopic (exact) mass is 299 g/mol. The number of benzene rings is 1. The van der Waals surface area contributed by atoms with Crippen LogP contribution in [-0.4, -0.2) is 17.6 Å². The molecule has 2 N–H and O–H groups in total. The quantitative estimate of drug-likeness (QED) is 0.897. The predicted octanol–water partition coefficient (Wildman–Crippen LogP) is 3.28. The average molecular weight is 300 g/mol. The molecule has 0 atom stereocenters. The van der Waals surface area contributed by atoms with Gasteiger partial charge in [-0.25, -0.2) is 4.79 Å². The zero-order chi connectivity index (χ0) is 13.1. The lowest BCUT2D eigenvalue weighted by atomic mass is 9.97. The molecular weight excluding hydrogens is 282 g/mol. The summed E-state index contributed by atoms with van der Waals surface area (Å²) in [4.78, 5) is 10.8. The van der Waals surface area contributed by atoms with Crippen molar-refractivity contribution in [3.63, 3.8) is 0 Å². The van der Waals surface area contributed by atoms with E-state index in [1.807, 2.05) is 6.07 Å². The van der Waals surface area contributed by atoms with E-state index in [9.17, 15) is 4.79 Å². The first-order valence-electron chi connectivity index (χ1n) is 5.52. The molecule has 0 heterocycles. The maximum atomic E-state index is 10.8. The van der Waals surface area contributed by atoms with Crippen molar-refractivity contribution in [1.29, 1.82) is 0 Å². The Bertz CT molecular complexity index is 410. The molecule has 0 saturated carbocycles. The van der Waals surface area contributed by atoms with Crippen LogP contribution in [0.25, 0.3) is 0 Å². The molecule has 0 aliphatic heterocycles. The van der Waals surface area contributed by atoms with Gasteiger partial charge in [-0.15, -0.1) is 0 Å². The van der Waals surface area contributed by atoms with Crippen molar-refractivity contribution < 1.29 is 9.90 Å². The SMILES string of the molecule is CC(C)(C)CNCc1ccc(C(=O)O)cc1Br. The normalized spacial score (nSPS) is 11.5. The van der Waals surface area contributed by atoms with Gasteiger partial charge in [0.1, 0.15) is 0 Å². The van der Waals surface area contributed by atoms with Crippen molar-refractivity contribution in [2.75, 3.05) is 6.54 Å². The van der Waals surface area contributed by atoms with E-state index in [0.717, 1.165) is 23.1 Å². The largest absolute Gasteiger partial charge is 0.478 e. The number of aromatic carboxylic acids is 1. The Morgan fingerprint density at radius 3 is 2.53 bits per heavy atom. The Morgan fingerprint density at radius 1 is 1.41 bits per heavy atom. The summed E-state index contributed by atoms with van der Waals surface area (Å²) in [5.41, 5.74) is 1.61. The van der Waals surface area contributed by atoms with E-state index in [0.29, 0.717) is 5.56 Å². The molecule has 0 aromatic heterocycles. The summed E-state index contributed by atoms with van der Waals surface area (Å²) >= 11 is 3.39. The molecule has 0 radical (unpaired) electrons. The Kier molecular flexibility index (Phi) is 4.71. The first-order valence-corrected chi connectivity index (χ1v) is 6.31. The van der Waals surface area contributed by atoms with E-state index >= 15 is 0 Å². The van der Waals surface area contributed by atoms with Crippen LogP contribution in [-0.2, 0) is 6.54 Å². The zero-order valence-corrected chi connectivity index (χ0v) is 12.0. The lowest BCUT2D eigenvalue weighted by Gasteiger charge is -2.19. The van der Waals surface area contributed by atoms with Gasteiger partial charge >= 0.3 is 5.97 Å². The van der Waals surface area contributed by atoms with Gasteiger partial charge in [0.25, 0.3) is 0 Å². The standard InChI is InChI=1S/C13H18BrNO2/c1-13(2,3)8-15-7-10-5-4-9(12(16)17)6-11(10)14/h4-6,15H,7-8H2,1-3H3,(H,16,17). The van der Waals surface area contributed by atoms with E-state index in [-0.39, 0.29) is 5.41 Å². The van der Waals surface area contributed by atoms with Crippen LogP contribution in [0.4, 0.5) is 0 Å². The molecule has 0 aliphatic carbocycles. The van der Waals surface area contributed by atoms with Crippen LogP contribution in [0.3, 0.4) is 0 Å². The van der Waals surface area contributed by atoms with Gasteiger partial charge in [-0.3, -0.25) is 0 Å². The number of carbonyl (C=O) groups is 1. The number of nitrogens with one attached hydrogen (secondary N) is 1. The molecule has 1 aromatic carbocycles. The molecule has 0 saturated heterocycles. The molecule has 0 unspecified atom stereocenters. The van der Waals surface area contributed by atoms with E-state index in [4.69, 9.17) is 5.11 Å². The van der Waals surface area contributed by atoms with Gasteiger partial charge in [0, 0.05) is 17.6 Å². The number of halogens is 1. The van der Waals surface area contributed by atoms with Crippen molar-refractivity contribution in [2.24, 2.45) is 5.41 Å². The Balaban J connectivity index is 2.64. The first kappa shape index (κ1) is 14.2. The van der Waals surface area contributed by atoms with Gasteiger partial charge < -0.3 is 10.4 Å². The number of hydrogen-bond donors (Lipinski definition) is 2. The summed E-state index contributed by atoms with van der Waals surface area (Å²) in [5, 5.41) is 12.2. The Morgan fingerprint density at radius 2 is 2.06 bits per heavy atom.